The van der Waals surface area contributed by atoms with Crippen LogP contribution in [0.4, 0.5) is 4.39 Å². The molecule has 0 bridgehead atoms. The van der Waals surface area contributed by atoms with Gasteiger partial charge in [0.05, 0.1) is 18.4 Å². The maximum Gasteiger partial charge on any atom is 0.275 e. The highest BCUT2D eigenvalue weighted by molar-refractivity contribution is 5.91. The van der Waals surface area contributed by atoms with E-state index < -0.39 is 5.82 Å². The summed E-state index contributed by atoms with van der Waals surface area (Å²) in [5, 5.41) is 0. The molecule has 25 heavy (non-hydrogen) atoms. The van der Waals surface area contributed by atoms with Gasteiger partial charge in [-0.3, -0.25) is 14.8 Å². The summed E-state index contributed by atoms with van der Waals surface area (Å²) in [6, 6.07) is 5.73. The number of benzene rings is 1. The Labute approximate surface area is 143 Å². The molecule has 1 aromatic carbocycles. The molecule has 3 rings (SSSR count). The van der Waals surface area contributed by atoms with E-state index in [9.17, 15) is 9.18 Å². The van der Waals surface area contributed by atoms with E-state index in [1.807, 2.05) is 0 Å². The zero-order chi connectivity index (χ0) is 17.6. The fraction of sp³-hybridized carbons (Fsp3) is 0.176. The van der Waals surface area contributed by atoms with Crippen molar-refractivity contribution in [2.45, 2.75) is 13.2 Å². The average molecular weight is 342 g/mol. The summed E-state index contributed by atoms with van der Waals surface area (Å²) >= 11 is 0. The summed E-state index contributed by atoms with van der Waals surface area (Å²) in [6.45, 7) is 0.291. The molecule has 0 aliphatic rings. The Bertz CT molecular complexity index is 854. The lowest BCUT2D eigenvalue weighted by Crippen LogP contribution is -2.27. The van der Waals surface area contributed by atoms with Gasteiger partial charge in [0.15, 0.2) is 12.3 Å². The lowest BCUT2D eigenvalue weighted by molar-refractivity contribution is 0.0777. The second-order valence-corrected chi connectivity index (χ2v) is 5.23. The largest absolute Gasteiger partial charge is 0.484 e. The number of amides is 1. The van der Waals surface area contributed by atoms with Crippen molar-refractivity contribution in [3.63, 3.8) is 0 Å². The van der Waals surface area contributed by atoms with E-state index >= 15 is 0 Å². The first-order valence-electron chi connectivity index (χ1n) is 7.45. The Morgan fingerprint density at radius 1 is 1.36 bits per heavy atom. The number of rotatable bonds is 6. The van der Waals surface area contributed by atoms with E-state index in [1.165, 1.54) is 29.4 Å². The molecule has 0 N–H and O–H groups in total. The molecule has 128 valence electrons. The number of hydrogen-bond acceptors (Lipinski definition) is 6. The lowest BCUT2D eigenvalue weighted by Gasteiger charge is -2.14. The van der Waals surface area contributed by atoms with Crippen molar-refractivity contribution >= 4 is 5.91 Å². The van der Waals surface area contributed by atoms with Crippen molar-refractivity contribution in [3.8, 4) is 5.75 Å². The normalized spacial score (nSPS) is 10.5. The molecule has 2 aromatic heterocycles. The van der Waals surface area contributed by atoms with Crippen molar-refractivity contribution in [2.75, 3.05) is 7.05 Å². The zero-order valence-corrected chi connectivity index (χ0v) is 13.4. The molecule has 0 aliphatic heterocycles. The first-order valence-corrected chi connectivity index (χ1v) is 7.45. The first-order chi connectivity index (χ1) is 12.1. The number of hydrogen-bond donors (Lipinski definition) is 0. The maximum atomic E-state index is 13.1. The van der Waals surface area contributed by atoms with Gasteiger partial charge in [0.1, 0.15) is 17.8 Å². The molecule has 2 heterocycles. The van der Waals surface area contributed by atoms with E-state index in [4.69, 9.17) is 9.15 Å². The Morgan fingerprint density at radius 3 is 3.00 bits per heavy atom. The zero-order valence-electron chi connectivity index (χ0n) is 13.4. The van der Waals surface area contributed by atoms with Crippen LogP contribution in [0.1, 0.15) is 22.1 Å². The van der Waals surface area contributed by atoms with Crippen LogP contribution >= 0.6 is 0 Å². The Balaban J connectivity index is 1.59. The highest BCUT2D eigenvalue weighted by Crippen LogP contribution is 2.14. The molecule has 0 spiro atoms. The van der Waals surface area contributed by atoms with E-state index in [0.717, 1.165) is 0 Å². The van der Waals surface area contributed by atoms with Crippen LogP contribution in [0, 0.1) is 5.82 Å². The quantitative estimate of drug-likeness (QED) is 0.684. The van der Waals surface area contributed by atoms with Gasteiger partial charge in [-0.1, -0.05) is 6.07 Å². The van der Waals surface area contributed by atoms with Crippen LogP contribution in [0.15, 0.2) is 53.5 Å². The van der Waals surface area contributed by atoms with Gasteiger partial charge in [-0.25, -0.2) is 9.37 Å². The summed E-state index contributed by atoms with van der Waals surface area (Å²) in [5.41, 5.74) is 0.820. The molecule has 0 aliphatic carbocycles. The third-order valence-electron chi connectivity index (χ3n) is 3.29. The van der Waals surface area contributed by atoms with E-state index in [1.54, 1.807) is 31.7 Å². The SMILES string of the molecule is CN(Cc1cnccn1)C(=O)c1coc(COc2cccc(F)c2)n1. The summed E-state index contributed by atoms with van der Waals surface area (Å²) in [6.07, 6.45) is 5.98. The van der Waals surface area contributed by atoms with Gasteiger partial charge in [0, 0.05) is 25.5 Å². The second-order valence-electron chi connectivity index (χ2n) is 5.23. The van der Waals surface area contributed by atoms with Crippen LogP contribution in [0.3, 0.4) is 0 Å². The van der Waals surface area contributed by atoms with Crippen LogP contribution < -0.4 is 4.74 Å². The molecular formula is C17H15FN4O3. The number of ether oxygens (including phenoxy) is 1. The van der Waals surface area contributed by atoms with Crippen molar-refractivity contribution in [1.29, 1.82) is 0 Å². The standard InChI is InChI=1S/C17H15FN4O3/c1-22(9-13-8-19-5-6-20-13)17(23)15-10-25-16(21-15)11-24-14-4-2-3-12(18)7-14/h2-8,10H,9,11H2,1H3. The molecular weight excluding hydrogens is 327 g/mol. The molecule has 1 amide bonds. The number of aromatic nitrogens is 3. The highest BCUT2D eigenvalue weighted by Gasteiger charge is 2.17. The minimum atomic E-state index is -0.397. The smallest absolute Gasteiger partial charge is 0.275 e. The van der Waals surface area contributed by atoms with Gasteiger partial charge in [-0.2, -0.15) is 0 Å². The summed E-state index contributed by atoms with van der Waals surface area (Å²) < 4.78 is 23.7. The molecule has 0 atom stereocenters. The molecule has 7 nitrogen and oxygen atoms in total. The van der Waals surface area contributed by atoms with Crippen LogP contribution in [0.5, 0.6) is 5.75 Å². The average Bonchev–Trinajstić information content (AvgIpc) is 3.09. The maximum absolute atomic E-state index is 13.1. The van der Waals surface area contributed by atoms with Crippen LogP contribution in [0.25, 0.3) is 0 Å². The highest BCUT2D eigenvalue weighted by atomic mass is 19.1. The summed E-state index contributed by atoms with van der Waals surface area (Å²) in [5.74, 6) is -0.135. The Kier molecular flexibility index (Phi) is 4.98. The van der Waals surface area contributed by atoms with Crippen molar-refractivity contribution < 1.29 is 18.3 Å². The molecule has 0 saturated carbocycles. The summed E-state index contributed by atoms with van der Waals surface area (Å²) in [7, 11) is 1.63. The van der Waals surface area contributed by atoms with Crippen LogP contribution in [-0.2, 0) is 13.2 Å². The molecule has 0 fully saturated rings. The van der Waals surface area contributed by atoms with Crippen molar-refractivity contribution in [3.05, 3.63) is 72.2 Å². The third-order valence-corrected chi connectivity index (χ3v) is 3.29. The molecule has 0 saturated heterocycles. The number of oxazole rings is 1. The molecule has 8 heteroatoms. The molecule has 0 unspecified atom stereocenters. The van der Waals surface area contributed by atoms with E-state index in [0.29, 0.717) is 18.0 Å². The van der Waals surface area contributed by atoms with Crippen LogP contribution in [-0.4, -0.2) is 32.8 Å². The fourth-order valence-corrected chi connectivity index (χ4v) is 2.10. The van der Waals surface area contributed by atoms with Gasteiger partial charge < -0.3 is 14.1 Å². The topological polar surface area (TPSA) is 81.4 Å². The number of carbonyl (C=O) groups excluding carboxylic acids is 1. The predicted octanol–water partition coefficient (Wildman–Crippen LogP) is 2.45. The number of halogens is 1. The van der Waals surface area contributed by atoms with E-state index in [2.05, 4.69) is 15.0 Å². The third kappa shape index (κ3) is 4.37. The molecule has 0 radical (unpaired) electrons. The molecule has 3 aromatic rings. The number of carbonyl (C=O) groups is 1. The second kappa shape index (κ2) is 7.52. The van der Waals surface area contributed by atoms with Crippen LogP contribution in [0.2, 0.25) is 0 Å². The van der Waals surface area contributed by atoms with Gasteiger partial charge in [0.25, 0.3) is 5.91 Å². The monoisotopic (exact) mass is 342 g/mol. The Morgan fingerprint density at radius 2 is 2.24 bits per heavy atom. The summed E-state index contributed by atoms with van der Waals surface area (Å²) in [4.78, 5) is 26.0. The fourth-order valence-electron chi connectivity index (χ4n) is 2.10. The van der Waals surface area contributed by atoms with Gasteiger partial charge >= 0.3 is 0 Å². The lowest BCUT2D eigenvalue weighted by atomic mass is 10.3. The van der Waals surface area contributed by atoms with Gasteiger partial charge in [-0.15, -0.1) is 0 Å². The van der Waals surface area contributed by atoms with Crippen molar-refractivity contribution in [1.82, 2.24) is 19.9 Å². The van der Waals surface area contributed by atoms with Gasteiger partial charge in [0.2, 0.25) is 5.89 Å². The first kappa shape index (κ1) is 16.6. The minimum absolute atomic E-state index is 0.00932. The Hall–Kier alpha value is -3.29. The number of nitrogens with zero attached hydrogens (tertiary/aromatic N) is 4. The van der Waals surface area contributed by atoms with Gasteiger partial charge in [-0.05, 0) is 12.1 Å². The van der Waals surface area contributed by atoms with E-state index in [-0.39, 0.29) is 24.1 Å². The predicted molar refractivity (Wildman–Crippen MR) is 85.1 cm³/mol. The van der Waals surface area contributed by atoms with Crippen molar-refractivity contribution in [2.24, 2.45) is 0 Å². The minimum Gasteiger partial charge on any atom is -0.484 e.